The average Bonchev–Trinajstić information content (AvgIpc) is 2.47. The first-order valence-electron chi connectivity index (χ1n) is 6.47. The van der Waals surface area contributed by atoms with Crippen molar-refractivity contribution in [3.63, 3.8) is 0 Å². The van der Waals surface area contributed by atoms with E-state index < -0.39 is 0 Å². The molecule has 0 saturated heterocycles. The molecule has 0 radical (unpaired) electrons. The molecule has 5 nitrogen and oxygen atoms in total. The summed E-state index contributed by atoms with van der Waals surface area (Å²) in [5.41, 5.74) is 2.34. The van der Waals surface area contributed by atoms with E-state index in [-0.39, 0.29) is 18.4 Å². The fourth-order valence-corrected chi connectivity index (χ4v) is 1.89. The van der Waals surface area contributed by atoms with Gasteiger partial charge in [0.25, 0.3) is 5.91 Å². The lowest BCUT2D eigenvalue weighted by molar-refractivity contribution is -0.114. The van der Waals surface area contributed by atoms with Gasteiger partial charge in [0.15, 0.2) is 0 Å². The van der Waals surface area contributed by atoms with Gasteiger partial charge in [-0.2, -0.15) is 0 Å². The van der Waals surface area contributed by atoms with Crippen LogP contribution in [0.5, 0.6) is 0 Å². The highest BCUT2D eigenvalue weighted by molar-refractivity contribution is 6.05. The number of aliphatic hydroxyl groups is 1. The van der Waals surface area contributed by atoms with Gasteiger partial charge in [0.2, 0.25) is 5.91 Å². The van der Waals surface area contributed by atoms with Crippen molar-refractivity contribution in [2.24, 2.45) is 0 Å². The van der Waals surface area contributed by atoms with Crippen LogP contribution in [0.2, 0.25) is 0 Å². The van der Waals surface area contributed by atoms with E-state index in [1.54, 1.807) is 48.5 Å². The van der Waals surface area contributed by atoms with Crippen molar-refractivity contribution in [3.8, 4) is 0 Å². The van der Waals surface area contributed by atoms with Crippen molar-refractivity contribution in [1.82, 2.24) is 0 Å². The molecule has 0 atom stereocenters. The van der Waals surface area contributed by atoms with Gasteiger partial charge in [0.05, 0.1) is 6.61 Å². The molecule has 2 aromatic rings. The maximum Gasteiger partial charge on any atom is 0.255 e. The number of anilines is 2. The maximum absolute atomic E-state index is 12.2. The predicted molar refractivity (Wildman–Crippen MR) is 81.1 cm³/mol. The summed E-state index contributed by atoms with van der Waals surface area (Å²) in [7, 11) is 0. The lowest BCUT2D eigenvalue weighted by atomic mass is 10.1. The second-order valence-corrected chi connectivity index (χ2v) is 4.57. The molecule has 21 heavy (non-hydrogen) atoms. The Morgan fingerprint density at radius 2 is 1.67 bits per heavy atom. The molecule has 0 spiro atoms. The largest absolute Gasteiger partial charge is 0.392 e. The normalized spacial score (nSPS) is 10.0. The highest BCUT2D eigenvalue weighted by Gasteiger charge is 2.07. The van der Waals surface area contributed by atoms with Gasteiger partial charge in [-0.15, -0.1) is 0 Å². The Morgan fingerprint density at radius 1 is 1.00 bits per heavy atom. The van der Waals surface area contributed by atoms with Crippen molar-refractivity contribution >= 4 is 23.2 Å². The third-order valence-corrected chi connectivity index (χ3v) is 2.81. The number of hydrogen-bond acceptors (Lipinski definition) is 3. The summed E-state index contributed by atoms with van der Waals surface area (Å²) in [4.78, 5) is 23.2. The van der Waals surface area contributed by atoms with Crippen LogP contribution < -0.4 is 10.6 Å². The SMILES string of the molecule is CC(=O)Nc1cccc(C(=O)Nc2cccc(CO)c2)c1. The second-order valence-electron chi connectivity index (χ2n) is 4.57. The Morgan fingerprint density at radius 3 is 2.33 bits per heavy atom. The molecule has 3 N–H and O–H groups in total. The zero-order chi connectivity index (χ0) is 15.2. The third-order valence-electron chi connectivity index (χ3n) is 2.81. The minimum Gasteiger partial charge on any atom is -0.392 e. The van der Waals surface area contributed by atoms with Crippen LogP contribution in [0, 0.1) is 0 Å². The Kier molecular flexibility index (Phi) is 4.68. The second kappa shape index (κ2) is 6.67. The Balaban J connectivity index is 2.14. The number of rotatable bonds is 4. The van der Waals surface area contributed by atoms with E-state index in [1.165, 1.54) is 6.92 Å². The average molecular weight is 284 g/mol. The van der Waals surface area contributed by atoms with Crippen LogP contribution in [0.1, 0.15) is 22.8 Å². The summed E-state index contributed by atoms with van der Waals surface area (Å²) in [6, 6.07) is 13.7. The number of aliphatic hydroxyl groups excluding tert-OH is 1. The van der Waals surface area contributed by atoms with Gasteiger partial charge in [-0.3, -0.25) is 9.59 Å². The first-order chi connectivity index (χ1) is 10.1. The Labute approximate surface area is 122 Å². The summed E-state index contributed by atoms with van der Waals surface area (Å²) >= 11 is 0. The molecule has 2 aromatic carbocycles. The zero-order valence-electron chi connectivity index (χ0n) is 11.6. The molecule has 0 bridgehead atoms. The number of carbonyl (C=O) groups is 2. The van der Waals surface area contributed by atoms with Gasteiger partial charge in [0, 0.05) is 23.9 Å². The molecule has 0 unspecified atom stereocenters. The van der Waals surface area contributed by atoms with Crippen LogP contribution in [0.25, 0.3) is 0 Å². The molecular formula is C16H16N2O3. The van der Waals surface area contributed by atoms with Crippen molar-refractivity contribution in [3.05, 3.63) is 59.7 Å². The van der Waals surface area contributed by atoms with Gasteiger partial charge in [-0.05, 0) is 35.9 Å². The van der Waals surface area contributed by atoms with Crippen molar-refractivity contribution in [1.29, 1.82) is 0 Å². The lowest BCUT2D eigenvalue weighted by Gasteiger charge is -2.08. The van der Waals surface area contributed by atoms with E-state index in [1.807, 2.05) is 0 Å². The standard InChI is InChI=1S/C16H16N2O3/c1-11(20)17-15-7-3-5-13(9-15)16(21)18-14-6-2-4-12(8-14)10-19/h2-9,19H,10H2,1H3,(H,17,20)(H,18,21). The summed E-state index contributed by atoms with van der Waals surface area (Å²) in [5.74, 6) is -0.472. The summed E-state index contributed by atoms with van der Waals surface area (Å²) in [6.07, 6.45) is 0. The maximum atomic E-state index is 12.2. The van der Waals surface area contributed by atoms with Crippen LogP contribution in [0.3, 0.4) is 0 Å². The van der Waals surface area contributed by atoms with Crippen molar-refractivity contribution in [2.45, 2.75) is 13.5 Å². The molecule has 0 heterocycles. The van der Waals surface area contributed by atoms with Crippen LogP contribution in [-0.4, -0.2) is 16.9 Å². The minimum absolute atomic E-state index is 0.0816. The highest BCUT2D eigenvalue weighted by atomic mass is 16.3. The van der Waals surface area contributed by atoms with Crippen LogP contribution in [0.4, 0.5) is 11.4 Å². The predicted octanol–water partition coefficient (Wildman–Crippen LogP) is 2.39. The molecular weight excluding hydrogens is 268 g/mol. The van der Waals surface area contributed by atoms with E-state index in [2.05, 4.69) is 10.6 Å². The fourth-order valence-electron chi connectivity index (χ4n) is 1.89. The summed E-state index contributed by atoms with van der Waals surface area (Å²) in [6.45, 7) is 1.33. The van der Waals surface area contributed by atoms with Gasteiger partial charge in [0.1, 0.15) is 0 Å². The topological polar surface area (TPSA) is 78.4 Å². The van der Waals surface area contributed by atoms with Gasteiger partial charge in [-0.25, -0.2) is 0 Å². The quantitative estimate of drug-likeness (QED) is 0.806. The number of carbonyl (C=O) groups excluding carboxylic acids is 2. The van der Waals surface area contributed by atoms with Crippen molar-refractivity contribution in [2.75, 3.05) is 10.6 Å². The summed E-state index contributed by atoms with van der Waals surface area (Å²) in [5, 5.41) is 14.5. The van der Waals surface area contributed by atoms with Gasteiger partial charge < -0.3 is 15.7 Å². The van der Waals surface area contributed by atoms with E-state index in [9.17, 15) is 9.59 Å². The molecule has 0 aliphatic rings. The van der Waals surface area contributed by atoms with Crippen LogP contribution >= 0.6 is 0 Å². The Bertz CT molecular complexity index is 668. The first kappa shape index (κ1) is 14.7. The highest BCUT2D eigenvalue weighted by Crippen LogP contribution is 2.15. The molecule has 0 saturated carbocycles. The molecule has 2 amide bonds. The van der Waals surface area contributed by atoms with E-state index in [4.69, 9.17) is 5.11 Å². The van der Waals surface area contributed by atoms with Gasteiger partial charge >= 0.3 is 0 Å². The number of amides is 2. The molecule has 0 aromatic heterocycles. The smallest absolute Gasteiger partial charge is 0.255 e. The molecule has 0 aliphatic heterocycles. The molecule has 5 heteroatoms. The molecule has 0 fully saturated rings. The van der Waals surface area contributed by atoms with E-state index >= 15 is 0 Å². The van der Waals surface area contributed by atoms with Crippen LogP contribution in [-0.2, 0) is 11.4 Å². The first-order valence-corrected chi connectivity index (χ1v) is 6.47. The van der Waals surface area contributed by atoms with Crippen molar-refractivity contribution < 1.29 is 14.7 Å². The van der Waals surface area contributed by atoms with Crippen LogP contribution in [0.15, 0.2) is 48.5 Å². The zero-order valence-corrected chi connectivity index (χ0v) is 11.6. The monoisotopic (exact) mass is 284 g/mol. The lowest BCUT2D eigenvalue weighted by Crippen LogP contribution is -2.13. The molecule has 0 aliphatic carbocycles. The Hall–Kier alpha value is -2.66. The minimum atomic E-state index is -0.280. The van der Waals surface area contributed by atoms with E-state index in [0.717, 1.165) is 5.56 Å². The number of hydrogen-bond donors (Lipinski definition) is 3. The van der Waals surface area contributed by atoms with E-state index in [0.29, 0.717) is 16.9 Å². The van der Waals surface area contributed by atoms with Gasteiger partial charge in [-0.1, -0.05) is 18.2 Å². The fraction of sp³-hybridized carbons (Fsp3) is 0.125. The third kappa shape index (κ3) is 4.15. The molecule has 108 valence electrons. The molecule has 2 rings (SSSR count). The number of nitrogens with one attached hydrogen (secondary N) is 2. The summed E-state index contributed by atoms with van der Waals surface area (Å²) < 4.78 is 0. The number of benzene rings is 2.